The van der Waals surface area contributed by atoms with E-state index in [-0.39, 0.29) is 0 Å². The molecule has 1 unspecified atom stereocenters. The summed E-state index contributed by atoms with van der Waals surface area (Å²) in [5, 5.41) is 0. The van der Waals surface area contributed by atoms with E-state index in [0.717, 1.165) is 32.1 Å². The molecule has 106 valence electrons. The molecule has 1 aliphatic heterocycles. The Morgan fingerprint density at radius 2 is 2.00 bits per heavy atom. The standard InChI is InChI=1S/C17H22N2O/c1-14-10-17(20-13-14)19-9-8-18(11-15(19)2)12-16-6-4-3-5-7-16/h3-7,10,13,15H,8-9,11-12H2,1-2H3. The third kappa shape index (κ3) is 2.88. The van der Waals surface area contributed by atoms with Crippen molar-refractivity contribution in [2.24, 2.45) is 0 Å². The zero-order valence-corrected chi connectivity index (χ0v) is 12.2. The third-order valence-electron chi connectivity index (χ3n) is 3.96. The van der Waals surface area contributed by atoms with Crippen LogP contribution in [0.25, 0.3) is 0 Å². The first-order chi connectivity index (χ1) is 9.72. The van der Waals surface area contributed by atoms with Gasteiger partial charge in [0.2, 0.25) is 0 Å². The number of benzene rings is 1. The first-order valence-corrected chi connectivity index (χ1v) is 7.30. The summed E-state index contributed by atoms with van der Waals surface area (Å²) in [6.45, 7) is 8.57. The van der Waals surface area contributed by atoms with E-state index < -0.39 is 0 Å². The topological polar surface area (TPSA) is 19.6 Å². The van der Waals surface area contributed by atoms with Gasteiger partial charge in [-0.1, -0.05) is 30.3 Å². The number of hydrogen-bond donors (Lipinski definition) is 0. The van der Waals surface area contributed by atoms with Gasteiger partial charge in [-0.15, -0.1) is 0 Å². The van der Waals surface area contributed by atoms with Crippen LogP contribution in [0.1, 0.15) is 18.1 Å². The fourth-order valence-corrected chi connectivity index (χ4v) is 2.91. The molecular weight excluding hydrogens is 248 g/mol. The summed E-state index contributed by atoms with van der Waals surface area (Å²) >= 11 is 0. The maximum Gasteiger partial charge on any atom is 0.195 e. The maximum absolute atomic E-state index is 5.64. The Labute approximate surface area is 120 Å². The molecule has 1 aromatic carbocycles. The van der Waals surface area contributed by atoms with Crippen LogP contribution in [0.5, 0.6) is 0 Å². The molecule has 0 amide bonds. The molecule has 1 aliphatic rings. The van der Waals surface area contributed by atoms with Crippen molar-refractivity contribution in [1.82, 2.24) is 4.90 Å². The molecule has 1 fully saturated rings. The SMILES string of the molecule is Cc1coc(N2CCN(Cc3ccccc3)CC2C)c1. The average Bonchev–Trinajstić information content (AvgIpc) is 2.86. The van der Waals surface area contributed by atoms with Crippen LogP contribution in [0.15, 0.2) is 47.1 Å². The second-order valence-corrected chi connectivity index (χ2v) is 5.73. The van der Waals surface area contributed by atoms with Gasteiger partial charge >= 0.3 is 0 Å². The highest BCUT2D eigenvalue weighted by Crippen LogP contribution is 2.23. The molecule has 1 atom stereocenters. The van der Waals surface area contributed by atoms with E-state index in [1.54, 1.807) is 0 Å². The highest BCUT2D eigenvalue weighted by atomic mass is 16.3. The van der Waals surface area contributed by atoms with Crippen molar-refractivity contribution in [1.29, 1.82) is 0 Å². The first-order valence-electron chi connectivity index (χ1n) is 7.30. The Morgan fingerprint density at radius 3 is 2.65 bits per heavy atom. The number of anilines is 1. The van der Waals surface area contributed by atoms with E-state index in [2.05, 4.69) is 60.0 Å². The molecule has 1 saturated heterocycles. The Bertz CT molecular complexity index is 549. The molecule has 0 N–H and O–H groups in total. The summed E-state index contributed by atoms with van der Waals surface area (Å²) in [5.74, 6) is 1.01. The smallest absolute Gasteiger partial charge is 0.195 e. The second-order valence-electron chi connectivity index (χ2n) is 5.73. The van der Waals surface area contributed by atoms with Crippen molar-refractivity contribution >= 4 is 5.88 Å². The van der Waals surface area contributed by atoms with Gasteiger partial charge in [0.1, 0.15) is 0 Å². The maximum atomic E-state index is 5.64. The Morgan fingerprint density at radius 1 is 1.20 bits per heavy atom. The van der Waals surface area contributed by atoms with Crippen LogP contribution < -0.4 is 4.90 Å². The second kappa shape index (κ2) is 5.71. The van der Waals surface area contributed by atoms with Crippen molar-refractivity contribution < 1.29 is 4.42 Å². The lowest BCUT2D eigenvalue weighted by atomic mass is 10.1. The molecule has 0 radical (unpaired) electrons. The first kappa shape index (κ1) is 13.3. The van der Waals surface area contributed by atoms with E-state index >= 15 is 0 Å². The van der Waals surface area contributed by atoms with Gasteiger partial charge < -0.3 is 9.32 Å². The minimum absolute atomic E-state index is 0.484. The number of rotatable bonds is 3. The fourth-order valence-electron chi connectivity index (χ4n) is 2.91. The zero-order valence-electron chi connectivity index (χ0n) is 12.2. The summed E-state index contributed by atoms with van der Waals surface area (Å²) in [6.07, 6.45) is 1.83. The summed E-state index contributed by atoms with van der Waals surface area (Å²) in [7, 11) is 0. The van der Waals surface area contributed by atoms with Crippen LogP contribution >= 0.6 is 0 Å². The van der Waals surface area contributed by atoms with Gasteiger partial charge in [-0.3, -0.25) is 4.90 Å². The van der Waals surface area contributed by atoms with Gasteiger partial charge in [0.15, 0.2) is 5.88 Å². The van der Waals surface area contributed by atoms with E-state index in [0.29, 0.717) is 6.04 Å². The highest BCUT2D eigenvalue weighted by Gasteiger charge is 2.25. The van der Waals surface area contributed by atoms with Crippen LogP contribution in [0.2, 0.25) is 0 Å². The van der Waals surface area contributed by atoms with Crippen LogP contribution in [-0.2, 0) is 6.54 Å². The minimum Gasteiger partial charge on any atom is -0.449 e. The molecule has 3 heteroatoms. The number of aryl methyl sites for hydroxylation is 1. The van der Waals surface area contributed by atoms with Crippen LogP contribution in [-0.4, -0.2) is 30.6 Å². The van der Waals surface area contributed by atoms with E-state index in [1.165, 1.54) is 11.1 Å². The van der Waals surface area contributed by atoms with Crippen molar-refractivity contribution in [3.63, 3.8) is 0 Å². The van der Waals surface area contributed by atoms with E-state index in [9.17, 15) is 0 Å². The number of hydrogen-bond acceptors (Lipinski definition) is 3. The molecule has 3 rings (SSSR count). The quantitative estimate of drug-likeness (QED) is 0.853. The molecule has 0 aliphatic carbocycles. The third-order valence-corrected chi connectivity index (χ3v) is 3.96. The molecule has 0 saturated carbocycles. The fraction of sp³-hybridized carbons (Fsp3) is 0.412. The summed E-state index contributed by atoms with van der Waals surface area (Å²) in [4.78, 5) is 4.89. The van der Waals surface area contributed by atoms with Gasteiger partial charge in [-0.05, 0) is 25.0 Å². The van der Waals surface area contributed by atoms with Crippen molar-refractivity contribution in [2.75, 3.05) is 24.5 Å². The predicted molar refractivity (Wildman–Crippen MR) is 82.0 cm³/mol. The predicted octanol–water partition coefficient (Wildman–Crippen LogP) is 3.30. The average molecular weight is 270 g/mol. The Hall–Kier alpha value is -1.74. The van der Waals surface area contributed by atoms with Gasteiger partial charge in [0, 0.05) is 38.3 Å². The van der Waals surface area contributed by atoms with Crippen molar-refractivity contribution in [3.05, 3.63) is 53.8 Å². The molecule has 3 nitrogen and oxygen atoms in total. The molecule has 0 bridgehead atoms. The zero-order chi connectivity index (χ0) is 13.9. The highest BCUT2D eigenvalue weighted by molar-refractivity contribution is 5.40. The largest absolute Gasteiger partial charge is 0.449 e. The Balaban J connectivity index is 1.62. The lowest BCUT2D eigenvalue weighted by Gasteiger charge is -2.39. The van der Waals surface area contributed by atoms with E-state index in [1.807, 2.05) is 6.26 Å². The molecule has 2 heterocycles. The summed E-state index contributed by atoms with van der Waals surface area (Å²) in [5.41, 5.74) is 2.58. The molecule has 20 heavy (non-hydrogen) atoms. The monoisotopic (exact) mass is 270 g/mol. The van der Waals surface area contributed by atoms with Crippen LogP contribution in [0.3, 0.4) is 0 Å². The van der Waals surface area contributed by atoms with Gasteiger partial charge in [-0.25, -0.2) is 0 Å². The van der Waals surface area contributed by atoms with Crippen LogP contribution in [0, 0.1) is 6.92 Å². The van der Waals surface area contributed by atoms with Gasteiger partial charge in [0.05, 0.1) is 6.26 Å². The molecule has 1 aromatic heterocycles. The summed E-state index contributed by atoms with van der Waals surface area (Å²) < 4.78 is 5.64. The number of piperazine rings is 1. The normalized spacial score (nSPS) is 20.3. The molecule has 0 spiro atoms. The van der Waals surface area contributed by atoms with Gasteiger partial charge in [0.25, 0.3) is 0 Å². The van der Waals surface area contributed by atoms with Gasteiger partial charge in [-0.2, -0.15) is 0 Å². The Kier molecular flexibility index (Phi) is 3.79. The van der Waals surface area contributed by atoms with Crippen molar-refractivity contribution in [3.8, 4) is 0 Å². The minimum atomic E-state index is 0.484. The van der Waals surface area contributed by atoms with E-state index in [4.69, 9.17) is 4.42 Å². The van der Waals surface area contributed by atoms with Crippen LogP contribution in [0.4, 0.5) is 5.88 Å². The lowest BCUT2D eigenvalue weighted by molar-refractivity contribution is 0.216. The number of nitrogens with zero attached hydrogens (tertiary/aromatic N) is 2. The number of furan rings is 1. The molecular formula is C17H22N2O. The van der Waals surface area contributed by atoms with Crippen molar-refractivity contribution in [2.45, 2.75) is 26.4 Å². The lowest BCUT2D eigenvalue weighted by Crippen LogP contribution is -2.51. The summed E-state index contributed by atoms with van der Waals surface area (Å²) in [6, 6.07) is 13.3. The molecule has 2 aromatic rings.